The zero-order chi connectivity index (χ0) is 18.9. The fourth-order valence-electron chi connectivity index (χ4n) is 3.63. The quantitative estimate of drug-likeness (QED) is 0.765. The Kier molecular flexibility index (Phi) is 5.19. The third-order valence-corrected chi connectivity index (χ3v) is 6.65. The van der Waals surface area contributed by atoms with E-state index >= 15 is 0 Å². The summed E-state index contributed by atoms with van der Waals surface area (Å²) < 4.78 is 24.2. The number of hydrogen-bond donors (Lipinski definition) is 2. The number of piperazine rings is 1. The van der Waals surface area contributed by atoms with Gasteiger partial charge in [-0.05, 0) is 12.5 Å². The summed E-state index contributed by atoms with van der Waals surface area (Å²) in [6.07, 6.45) is 0. The molecule has 2 atom stereocenters. The van der Waals surface area contributed by atoms with E-state index in [4.69, 9.17) is 5.11 Å². The van der Waals surface area contributed by atoms with E-state index in [1.54, 1.807) is 9.80 Å². The topological polar surface area (TPSA) is 107 Å². The lowest BCUT2D eigenvalue weighted by Crippen LogP contribution is -2.62. The largest absolute Gasteiger partial charge is 0.480 e. The Bertz CT molecular complexity index is 793. The highest BCUT2D eigenvalue weighted by atomic mass is 32.2. The third kappa shape index (κ3) is 4.16. The van der Waals surface area contributed by atoms with E-state index in [0.29, 0.717) is 19.6 Å². The Morgan fingerprint density at radius 2 is 1.81 bits per heavy atom. The standard InChI is InChI=1S/C17H23N3O5S/c1-12-2-4-13(5-3-12)8-18-17(23)20-7-6-19(9-16(21)22)14-10-26(24,25)11-15(14)20/h2-5,14-15H,6-11H2,1H3,(H,18,23)(H,21,22)/t14-,15+/m1/s1. The van der Waals surface area contributed by atoms with Crippen molar-refractivity contribution < 1.29 is 23.1 Å². The van der Waals surface area contributed by atoms with Crippen LogP contribution in [0.25, 0.3) is 0 Å². The molecule has 2 aliphatic rings. The summed E-state index contributed by atoms with van der Waals surface area (Å²) in [5, 5.41) is 11.9. The van der Waals surface area contributed by atoms with Crippen molar-refractivity contribution in [3.63, 3.8) is 0 Å². The number of rotatable bonds is 4. The lowest BCUT2D eigenvalue weighted by atomic mass is 10.1. The van der Waals surface area contributed by atoms with Gasteiger partial charge in [-0.25, -0.2) is 13.2 Å². The summed E-state index contributed by atoms with van der Waals surface area (Å²) in [6.45, 7) is 2.79. The average Bonchev–Trinajstić information content (AvgIpc) is 2.89. The number of fused-ring (bicyclic) bond motifs is 1. The zero-order valence-corrected chi connectivity index (χ0v) is 15.4. The lowest BCUT2D eigenvalue weighted by molar-refractivity contribution is -0.139. The number of nitrogens with one attached hydrogen (secondary N) is 1. The predicted octanol–water partition coefficient (Wildman–Crippen LogP) is 0.0724. The molecule has 0 aromatic heterocycles. The first-order valence-corrected chi connectivity index (χ1v) is 10.3. The van der Waals surface area contributed by atoms with Crippen LogP contribution in [0.2, 0.25) is 0 Å². The minimum atomic E-state index is -3.29. The van der Waals surface area contributed by atoms with Crippen molar-refractivity contribution >= 4 is 21.8 Å². The molecule has 0 unspecified atom stereocenters. The predicted molar refractivity (Wildman–Crippen MR) is 95.6 cm³/mol. The van der Waals surface area contributed by atoms with Crippen LogP contribution >= 0.6 is 0 Å². The fourth-order valence-corrected chi connectivity index (χ4v) is 5.64. The molecule has 2 saturated heterocycles. The fraction of sp³-hybridized carbons (Fsp3) is 0.529. The van der Waals surface area contributed by atoms with E-state index in [9.17, 15) is 18.0 Å². The highest BCUT2D eigenvalue weighted by molar-refractivity contribution is 7.91. The first-order valence-electron chi connectivity index (χ1n) is 8.51. The van der Waals surface area contributed by atoms with Gasteiger partial charge in [-0.3, -0.25) is 9.69 Å². The molecule has 1 aromatic rings. The molecule has 9 heteroatoms. The maximum Gasteiger partial charge on any atom is 0.318 e. The number of benzene rings is 1. The van der Waals surface area contributed by atoms with E-state index in [0.717, 1.165) is 11.1 Å². The number of hydrogen-bond acceptors (Lipinski definition) is 5. The van der Waals surface area contributed by atoms with E-state index in [1.165, 1.54) is 0 Å². The van der Waals surface area contributed by atoms with Gasteiger partial charge in [0.05, 0.1) is 24.1 Å². The normalized spacial score (nSPS) is 24.9. The van der Waals surface area contributed by atoms with Gasteiger partial charge in [0.2, 0.25) is 0 Å². The van der Waals surface area contributed by atoms with Crippen LogP contribution in [-0.4, -0.2) is 78.5 Å². The van der Waals surface area contributed by atoms with Crippen LogP contribution in [0.1, 0.15) is 11.1 Å². The van der Waals surface area contributed by atoms with Gasteiger partial charge in [0.1, 0.15) is 0 Å². The lowest BCUT2D eigenvalue weighted by Gasteiger charge is -2.43. The number of carbonyl (C=O) groups excluding carboxylic acids is 1. The summed E-state index contributed by atoms with van der Waals surface area (Å²) in [5.74, 6) is -1.22. The van der Waals surface area contributed by atoms with E-state index in [2.05, 4.69) is 5.32 Å². The second-order valence-electron chi connectivity index (χ2n) is 6.91. The minimum Gasteiger partial charge on any atom is -0.480 e. The van der Waals surface area contributed by atoms with Crippen LogP contribution in [-0.2, 0) is 21.2 Å². The summed E-state index contributed by atoms with van der Waals surface area (Å²) in [7, 11) is -3.29. The molecule has 0 bridgehead atoms. The Morgan fingerprint density at radius 3 is 2.46 bits per heavy atom. The van der Waals surface area contributed by atoms with Crippen molar-refractivity contribution in [3.8, 4) is 0 Å². The number of nitrogens with zero attached hydrogens (tertiary/aromatic N) is 2. The SMILES string of the molecule is Cc1ccc(CNC(=O)N2CCN(CC(=O)O)[C@@H]3CS(=O)(=O)C[C@@H]32)cc1. The van der Waals surface area contributed by atoms with Gasteiger partial charge in [-0.2, -0.15) is 0 Å². The van der Waals surface area contributed by atoms with Gasteiger partial charge >= 0.3 is 12.0 Å². The molecule has 2 N–H and O–H groups in total. The molecule has 2 fully saturated rings. The highest BCUT2D eigenvalue weighted by Gasteiger charge is 2.48. The molecule has 0 radical (unpaired) electrons. The van der Waals surface area contributed by atoms with Crippen molar-refractivity contribution in [1.29, 1.82) is 0 Å². The smallest absolute Gasteiger partial charge is 0.318 e. The maximum atomic E-state index is 12.6. The Labute approximate surface area is 152 Å². The van der Waals surface area contributed by atoms with Crippen LogP contribution < -0.4 is 5.32 Å². The number of carboxylic acid groups (broad SMARTS) is 1. The summed E-state index contributed by atoms with van der Waals surface area (Å²) >= 11 is 0. The molecule has 2 heterocycles. The van der Waals surface area contributed by atoms with Crippen LogP contribution in [0.15, 0.2) is 24.3 Å². The van der Waals surface area contributed by atoms with Crippen LogP contribution in [0.5, 0.6) is 0 Å². The molecule has 8 nitrogen and oxygen atoms in total. The Balaban J connectivity index is 1.68. The maximum absolute atomic E-state index is 12.6. The van der Waals surface area contributed by atoms with Crippen molar-refractivity contribution in [2.75, 3.05) is 31.1 Å². The molecule has 0 spiro atoms. The van der Waals surface area contributed by atoms with Gasteiger partial charge in [-0.15, -0.1) is 0 Å². The molecule has 1 aromatic carbocycles. The third-order valence-electron chi connectivity index (χ3n) is 4.95. The number of sulfone groups is 1. The molecule has 2 amide bonds. The molecular formula is C17H23N3O5S. The zero-order valence-electron chi connectivity index (χ0n) is 14.6. The van der Waals surface area contributed by atoms with Crippen molar-refractivity contribution in [3.05, 3.63) is 35.4 Å². The molecule has 0 aliphatic carbocycles. The molecule has 3 rings (SSSR count). The molecular weight excluding hydrogens is 358 g/mol. The first kappa shape index (κ1) is 18.7. The van der Waals surface area contributed by atoms with Crippen molar-refractivity contribution in [1.82, 2.24) is 15.1 Å². The Morgan fingerprint density at radius 1 is 1.15 bits per heavy atom. The van der Waals surface area contributed by atoms with Gasteiger partial charge in [-0.1, -0.05) is 29.8 Å². The van der Waals surface area contributed by atoms with E-state index < -0.39 is 27.9 Å². The first-order chi connectivity index (χ1) is 12.2. The summed E-state index contributed by atoms with van der Waals surface area (Å²) in [4.78, 5) is 26.8. The number of carboxylic acids is 1. The number of urea groups is 1. The van der Waals surface area contributed by atoms with Gasteiger partial charge in [0.15, 0.2) is 9.84 Å². The number of carbonyl (C=O) groups is 2. The van der Waals surface area contributed by atoms with E-state index in [1.807, 2.05) is 31.2 Å². The molecule has 26 heavy (non-hydrogen) atoms. The van der Waals surface area contributed by atoms with Gasteiger partial charge in [0, 0.05) is 25.7 Å². The number of aryl methyl sites for hydroxylation is 1. The van der Waals surface area contributed by atoms with Gasteiger partial charge < -0.3 is 15.3 Å². The van der Waals surface area contributed by atoms with Crippen LogP contribution in [0.3, 0.4) is 0 Å². The molecule has 2 aliphatic heterocycles. The minimum absolute atomic E-state index is 0.104. The van der Waals surface area contributed by atoms with Crippen LogP contribution in [0.4, 0.5) is 4.79 Å². The number of aliphatic carboxylic acids is 1. The monoisotopic (exact) mass is 381 g/mol. The average molecular weight is 381 g/mol. The molecule has 142 valence electrons. The number of amides is 2. The second-order valence-corrected chi connectivity index (χ2v) is 9.07. The highest BCUT2D eigenvalue weighted by Crippen LogP contribution is 2.27. The summed E-state index contributed by atoms with van der Waals surface area (Å²) in [5.41, 5.74) is 2.10. The Hall–Kier alpha value is -2.13. The summed E-state index contributed by atoms with van der Waals surface area (Å²) in [6, 6.07) is 6.51. The van der Waals surface area contributed by atoms with E-state index in [-0.39, 0.29) is 24.1 Å². The van der Waals surface area contributed by atoms with Gasteiger partial charge in [0.25, 0.3) is 0 Å². The molecule has 0 saturated carbocycles. The second kappa shape index (κ2) is 7.24. The van der Waals surface area contributed by atoms with Crippen molar-refractivity contribution in [2.24, 2.45) is 0 Å². The van der Waals surface area contributed by atoms with Crippen LogP contribution in [0, 0.1) is 6.92 Å². The van der Waals surface area contributed by atoms with Crippen molar-refractivity contribution in [2.45, 2.75) is 25.6 Å².